The Balaban J connectivity index is 1.75. The number of piperidine rings is 1. The third kappa shape index (κ3) is 4.77. The third-order valence-electron chi connectivity index (χ3n) is 3.79. The Kier molecular flexibility index (Phi) is 6.08. The molecule has 124 valence electrons. The molecule has 1 fully saturated rings. The normalized spacial score (nSPS) is 15.1. The molecule has 7 heteroatoms. The van der Waals surface area contributed by atoms with Crippen LogP contribution in [0, 0.1) is 5.92 Å². The lowest BCUT2D eigenvalue weighted by Crippen LogP contribution is -2.45. The second-order valence-electron chi connectivity index (χ2n) is 5.33. The molecule has 0 unspecified atom stereocenters. The van der Waals surface area contributed by atoms with Gasteiger partial charge in [-0.3, -0.25) is 19.4 Å². The van der Waals surface area contributed by atoms with Gasteiger partial charge in [-0.1, -0.05) is 0 Å². The molecule has 2 rings (SSSR count). The summed E-state index contributed by atoms with van der Waals surface area (Å²) >= 11 is 0. The maximum atomic E-state index is 12.1. The largest absolute Gasteiger partial charge is 0.466 e. The number of carbonyl (C=O) groups is 3. The van der Waals surface area contributed by atoms with Crippen LogP contribution in [0.3, 0.4) is 0 Å². The first-order valence-electron chi connectivity index (χ1n) is 7.74. The van der Waals surface area contributed by atoms with E-state index in [0.717, 1.165) is 0 Å². The van der Waals surface area contributed by atoms with Gasteiger partial charge in [-0.25, -0.2) is 0 Å². The van der Waals surface area contributed by atoms with Crippen molar-refractivity contribution in [3.8, 4) is 0 Å². The van der Waals surface area contributed by atoms with Crippen LogP contribution in [0.15, 0.2) is 24.5 Å². The molecule has 23 heavy (non-hydrogen) atoms. The first-order chi connectivity index (χ1) is 11.1. The van der Waals surface area contributed by atoms with Crippen molar-refractivity contribution in [1.29, 1.82) is 0 Å². The van der Waals surface area contributed by atoms with Gasteiger partial charge in [-0.2, -0.15) is 0 Å². The number of hydrogen-bond acceptors (Lipinski definition) is 5. The molecule has 1 aromatic heterocycles. The van der Waals surface area contributed by atoms with Gasteiger partial charge < -0.3 is 15.0 Å². The number of ether oxygens (including phenoxy) is 1. The number of aromatic nitrogens is 1. The number of nitrogens with one attached hydrogen (secondary N) is 1. The quantitative estimate of drug-likeness (QED) is 0.804. The summed E-state index contributed by atoms with van der Waals surface area (Å²) in [5.74, 6) is -0.800. The average molecular weight is 319 g/mol. The molecule has 2 heterocycles. The van der Waals surface area contributed by atoms with Crippen LogP contribution in [-0.4, -0.2) is 53.9 Å². The molecule has 2 amide bonds. The lowest BCUT2D eigenvalue weighted by atomic mass is 9.97. The molecule has 0 aliphatic carbocycles. The summed E-state index contributed by atoms with van der Waals surface area (Å²) in [5.41, 5.74) is 0.418. The molecule has 1 aliphatic rings. The van der Waals surface area contributed by atoms with E-state index in [1.807, 2.05) is 0 Å². The number of amides is 2. The van der Waals surface area contributed by atoms with E-state index in [0.29, 0.717) is 38.1 Å². The van der Waals surface area contributed by atoms with Crippen LogP contribution in [0.4, 0.5) is 0 Å². The Labute approximate surface area is 135 Å². The monoisotopic (exact) mass is 319 g/mol. The van der Waals surface area contributed by atoms with Gasteiger partial charge in [0, 0.05) is 25.5 Å². The van der Waals surface area contributed by atoms with Gasteiger partial charge in [0.25, 0.3) is 5.91 Å². The highest BCUT2D eigenvalue weighted by atomic mass is 16.5. The molecule has 0 saturated carbocycles. The van der Waals surface area contributed by atoms with Crippen molar-refractivity contribution in [3.63, 3.8) is 0 Å². The minimum Gasteiger partial charge on any atom is -0.466 e. The molecular weight excluding hydrogens is 298 g/mol. The number of esters is 1. The summed E-state index contributed by atoms with van der Waals surface area (Å²) in [6, 6.07) is 3.30. The van der Waals surface area contributed by atoms with Crippen molar-refractivity contribution in [2.75, 3.05) is 26.2 Å². The predicted molar refractivity (Wildman–Crippen MR) is 82.5 cm³/mol. The molecule has 0 aromatic carbocycles. The SMILES string of the molecule is CCOC(=O)C1CCN(C(=O)CNC(=O)c2cccnc2)CC1. The Hall–Kier alpha value is -2.44. The van der Waals surface area contributed by atoms with Crippen LogP contribution in [0.5, 0.6) is 0 Å². The molecule has 0 radical (unpaired) electrons. The number of pyridine rings is 1. The molecule has 0 atom stereocenters. The fraction of sp³-hybridized carbons (Fsp3) is 0.500. The Morgan fingerprint density at radius 1 is 1.35 bits per heavy atom. The fourth-order valence-electron chi connectivity index (χ4n) is 2.49. The standard InChI is InChI=1S/C16H21N3O4/c1-2-23-16(22)12-5-8-19(9-6-12)14(20)11-18-15(21)13-4-3-7-17-10-13/h3-4,7,10,12H,2,5-6,8-9,11H2,1H3,(H,18,21). The van der Waals surface area contributed by atoms with Crippen molar-refractivity contribution < 1.29 is 19.1 Å². The third-order valence-corrected chi connectivity index (χ3v) is 3.79. The van der Waals surface area contributed by atoms with E-state index in [4.69, 9.17) is 4.74 Å². The first kappa shape index (κ1) is 16.9. The van der Waals surface area contributed by atoms with Gasteiger partial charge in [0.05, 0.1) is 24.6 Å². The van der Waals surface area contributed by atoms with Crippen molar-refractivity contribution in [2.45, 2.75) is 19.8 Å². The topological polar surface area (TPSA) is 88.6 Å². The Bertz CT molecular complexity index is 554. The summed E-state index contributed by atoms with van der Waals surface area (Å²) in [6.07, 6.45) is 4.22. The molecule has 1 saturated heterocycles. The molecule has 0 bridgehead atoms. The maximum Gasteiger partial charge on any atom is 0.309 e. The summed E-state index contributed by atoms with van der Waals surface area (Å²) in [5, 5.41) is 2.59. The summed E-state index contributed by atoms with van der Waals surface area (Å²) in [7, 11) is 0. The van der Waals surface area contributed by atoms with Crippen molar-refractivity contribution in [3.05, 3.63) is 30.1 Å². The molecule has 0 spiro atoms. The van der Waals surface area contributed by atoms with Gasteiger partial charge in [0.15, 0.2) is 0 Å². The van der Waals surface area contributed by atoms with E-state index in [2.05, 4.69) is 10.3 Å². The van der Waals surface area contributed by atoms with Crippen LogP contribution in [0.2, 0.25) is 0 Å². The highest BCUT2D eigenvalue weighted by Gasteiger charge is 2.28. The van der Waals surface area contributed by atoms with E-state index in [-0.39, 0.29) is 30.2 Å². The zero-order chi connectivity index (χ0) is 16.7. The number of rotatable bonds is 5. The molecule has 1 aliphatic heterocycles. The average Bonchev–Trinajstić information content (AvgIpc) is 2.60. The van der Waals surface area contributed by atoms with Crippen LogP contribution >= 0.6 is 0 Å². The highest BCUT2D eigenvalue weighted by molar-refractivity contribution is 5.96. The minimum atomic E-state index is -0.326. The van der Waals surface area contributed by atoms with Crippen molar-refractivity contribution >= 4 is 17.8 Å². The van der Waals surface area contributed by atoms with E-state index in [9.17, 15) is 14.4 Å². The molecule has 1 N–H and O–H groups in total. The highest BCUT2D eigenvalue weighted by Crippen LogP contribution is 2.18. The van der Waals surface area contributed by atoms with Gasteiger partial charge in [0.2, 0.25) is 5.91 Å². The van der Waals surface area contributed by atoms with E-state index in [1.165, 1.54) is 6.20 Å². The number of hydrogen-bond donors (Lipinski definition) is 1. The van der Waals surface area contributed by atoms with Gasteiger partial charge in [0.1, 0.15) is 0 Å². The summed E-state index contributed by atoms with van der Waals surface area (Å²) < 4.78 is 5.00. The van der Waals surface area contributed by atoms with Crippen LogP contribution in [-0.2, 0) is 14.3 Å². The predicted octanol–water partition coefficient (Wildman–Crippen LogP) is 0.613. The van der Waals surface area contributed by atoms with Crippen LogP contribution < -0.4 is 5.32 Å². The lowest BCUT2D eigenvalue weighted by Gasteiger charge is -2.30. The van der Waals surface area contributed by atoms with Gasteiger partial charge >= 0.3 is 5.97 Å². The Morgan fingerprint density at radius 2 is 2.09 bits per heavy atom. The zero-order valence-electron chi connectivity index (χ0n) is 13.2. The van der Waals surface area contributed by atoms with E-state index in [1.54, 1.807) is 30.2 Å². The number of likely N-dealkylation sites (tertiary alicyclic amines) is 1. The van der Waals surface area contributed by atoms with E-state index < -0.39 is 0 Å². The van der Waals surface area contributed by atoms with Crippen LogP contribution in [0.1, 0.15) is 30.1 Å². The van der Waals surface area contributed by atoms with E-state index >= 15 is 0 Å². The smallest absolute Gasteiger partial charge is 0.309 e. The van der Waals surface area contributed by atoms with Crippen molar-refractivity contribution in [2.24, 2.45) is 5.92 Å². The Morgan fingerprint density at radius 3 is 2.70 bits per heavy atom. The van der Waals surface area contributed by atoms with Crippen LogP contribution in [0.25, 0.3) is 0 Å². The lowest BCUT2D eigenvalue weighted by molar-refractivity contribution is -0.151. The zero-order valence-corrected chi connectivity index (χ0v) is 13.2. The van der Waals surface area contributed by atoms with Gasteiger partial charge in [-0.15, -0.1) is 0 Å². The first-order valence-corrected chi connectivity index (χ1v) is 7.74. The molecule has 1 aromatic rings. The molecular formula is C16H21N3O4. The second-order valence-corrected chi connectivity index (χ2v) is 5.33. The maximum absolute atomic E-state index is 12.1. The molecule has 7 nitrogen and oxygen atoms in total. The number of nitrogens with zero attached hydrogens (tertiary/aromatic N) is 2. The van der Waals surface area contributed by atoms with Gasteiger partial charge in [-0.05, 0) is 31.9 Å². The van der Waals surface area contributed by atoms with Crippen molar-refractivity contribution in [1.82, 2.24) is 15.2 Å². The fourth-order valence-corrected chi connectivity index (χ4v) is 2.49. The second kappa shape index (κ2) is 8.26. The summed E-state index contributed by atoms with van der Waals surface area (Å²) in [4.78, 5) is 41.2. The number of carbonyl (C=O) groups excluding carboxylic acids is 3. The summed E-state index contributed by atoms with van der Waals surface area (Å²) in [6.45, 7) is 3.10. The minimum absolute atomic E-state index is 0.0577.